The Kier molecular flexibility index (Phi) is 4.80. The number of carbonyl (C=O) groups excluding carboxylic acids is 1. The van der Waals surface area contributed by atoms with Crippen LogP contribution < -0.4 is 4.74 Å². The molecule has 140 valence electrons. The summed E-state index contributed by atoms with van der Waals surface area (Å²) in [4.78, 5) is 13.2. The van der Waals surface area contributed by atoms with Crippen LogP contribution >= 0.6 is 11.6 Å². The first kappa shape index (κ1) is 18.1. The molecule has 4 aromatic rings. The minimum absolute atomic E-state index is 0.0711. The molecule has 1 N–H and O–H groups in total. The third kappa shape index (κ3) is 3.23. The van der Waals surface area contributed by atoms with Gasteiger partial charge in [0.05, 0.1) is 12.1 Å². The molecule has 1 aromatic heterocycles. The van der Waals surface area contributed by atoms with Crippen LogP contribution in [0.15, 0.2) is 71.1 Å². The lowest BCUT2D eigenvalue weighted by atomic mass is 9.97. The number of rotatable bonds is 5. The summed E-state index contributed by atoms with van der Waals surface area (Å²) in [5, 5.41) is 10.9. The van der Waals surface area contributed by atoms with Crippen LogP contribution in [0, 0.1) is 0 Å². The number of hydrogen-bond donors (Lipinski definition) is 1. The van der Waals surface area contributed by atoms with E-state index in [-0.39, 0.29) is 17.3 Å². The summed E-state index contributed by atoms with van der Waals surface area (Å²) in [6.45, 7) is 0. The van der Waals surface area contributed by atoms with Crippen LogP contribution in [0.25, 0.3) is 11.0 Å². The molecule has 0 aliphatic rings. The highest BCUT2D eigenvalue weighted by Crippen LogP contribution is 2.34. The molecule has 0 radical (unpaired) electrons. The first-order valence-corrected chi connectivity index (χ1v) is 9.12. The number of methoxy groups -OCH3 is 1. The van der Waals surface area contributed by atoms with Crippen LogP contribution in [-0.2, 0) is 6.42 Å². The quantitative estimate of drug-likeness (QED) is 0.447. The van der Waals surface area contributed by atoms with Crippen LogP contribution in [0.4, 0.5) is 0 Å². The molecule has 0 saturated heterocycles. The maximum atomic E-state index is 13.2. The van der Waals surface area contributed by atoms with Gasteiger partial charge in [0.2, 0.25) is 5.78 Å². The highest BCUT2D eigenvalue weighted by molar-refractivity contribution is 6.35. The highest BCUT2D eigenvalue weighted by Gasteiger charge is 2.24. The van der Waals surface area contributed by atoms with E-state index < -0.39 is 0 Å². The summed E-state index contributed by atoms with van der Waals surface area (Å²) in [5.41, 5.74) is 2.47. The van der Waals surface area contributed by atoms with E-state index in [9.17, 15) is 9.90 Å². The second-order valence-corrected chi connectivity index (χ2v) is 6.79. The molecule has 0 aliphatic carbocycles. The van der Waals surface area contributed by atoms with Gasteiger partial charge in [0, 0.05) is 29.0 Å². The Morgan fingerprint density at radius 3 is 2.61 bits per heavy atom. The van der Waals surface area contributed by atoms with Gasteiger partial charge >= 0.3 is 0 Å². The molecule has 0 amide bonds. The molecule has 4 nitrogen and oxygen atoms in total. The van der Waals surface area contributed by atoms with Crippen molar-refractivity contribution in [2.24, 2.45) is 0 Å². The minimum Gasteiger partial charge on any atom is -0.508 e. The van der Waals surface area contributed by atoms with Crippen LogP contribution in [-0.4, -0.2) is 18.0 Å². The van der Waals surface area contributed by atoms with Crippen molar-refractivity contribution in [3.05, 3.63) is 94.2 Å². The first-order valence-electron chi connectivity index (χ1n) is 8.74. The molecule has 4 rings (SSSR count). The summed E-state index contributed by atoms with van der Waals surface area (Å²) in [6.07, 6.45) is 0.438. The average Bonchev–Trinajstić information content (AvgIpc) is 3.05. The minimum atomic E-state index is -0.300. The molecule has 28 heavy (non-hydrogen) atoms. The Morgan fingerprint density at radius 2 is 1.82 bits per heavy atom. The second-order valence-electron chi connectivity index (χ2n) is 6.39. The van der Waals surface area contributed by atoms with Gasteiger partial charge in [0.1, 0.15) is 17.1 Å². The van der Waals surface area contributed by atoms with Crippen molar-refractivity contribution >= 4 is 28.4 Å². The molecule has 1 heterocycles. The molecule has 0 unspecified atom stereocenters. The summed E-state index contributed by atoms with van der Waals surface area (Å²) >= 11 is 6.23. The molecular formula is C23H17ClO4. The third-order valence-corrected chi connectivity index (χ3v) is 4.99. The van der Waals surface area contributed by atoms with Gasteiger partial charge in [-0.15, -0.1) is 0 Å². The Morgan fingerprint density at radius 1 is 1.07 bits per heavy atom. The SMILES string of the molecule is COc1ccccc1Cc1c(C(=O)c2ccccc2Cl)oc2cc(O)ccc12. The third-order valence-electron chi connectivity index (χ3n) is 4.66. The van der Waals surface area contributed by atoms with Crippen LogP contribution in [0.1, 0.15) is 27.2 Å². The zero-order chi connectivity index (χ0) is 19.7. The van der Waals surface area contributed by atoms with Crippen molar-refractivity contribution in [1.82, 2.24) is 0 Å². The fraction of sp³-hybridized carbons (Fsp3) is 0.0870. The number of carbonyl (C=O) groups is 1. The summed E-state index contributed by atoms with van der Waals surface area (Å²) in [5.74, 6) is 0.708. The van der Waals surface area contributed by atoms with Crippen LogP contribution in [0.5, 0.6) is 11.5 Å². The van der Waals surface area contributed by atoms with Crippen LogP contribution in [0.2, 0.25) is 5.02 Å². The topological polar surface area (TPSA) is 59.7 Å². The lowest BCUT2D eigenvalue weighted by Crippen LogP contribution is -2.05. The normalized spacial score (nSPS) is 10.9. The maximum absolute atomic E-state index is 13.2. The molecule has 0 saturated carbocycles. The van der Waals surface area contributed by atoms with E-state index in [1.807, 2.05) is 24.3 Å². The van der Waals surface area contributed by atoms with Gasteiger partial charge in [-0.3, -0.25) is 4.79 Å². The summed E-state index contributed by atoms with van der Waals surface area (Å²) < 4.78 is 11.3. The van der Waals surface area contributed by atoms with Crippen molar-refractivity contribution in [2.45, 2.75) is 6.42 Å². The molecule has 0 spiro atoms. The molecule has 0 fully saturated rings. The van der Waals surface area contributed by atoms with E-state index in [1.165, 1.54) is 6.07 Å². The number of para-hydroxylation sites is 1. The number of ether oxygens (including phenoxy) is 1. The summed E-state index contributed by atoms with van der Waals surface area (Å²) in [7, 11) is 1.61. The van der Waals surface area contributed by atoms with Gasteiger partial charge in [0.25, 0.3) is 0 Å². The van der Waals surface area contributed by atoms with Crippen molar-refractivity contribution in [1.29, 1.82) is 0 Å². The molecular weight excluding hydrogens is 376 g/mol. The smallest absolute Gasteiger partial charge is 0.230 e. The molecule has 0 atom stereocenters. The Labute approximate surface area is 166 Å². The molecule has 5 heteroatoms. The lowest BCUT2D eigenvalue weighted by molar-refractivity contribution is 0.101. The van der Waals surface area contributed by atoms with Crippen LogP contribution in [0.3, 0.4) is 0 Å². The molecule has 0 bridgehead atoms. The van der Waals surface area contributed by atoms with E-state index in [0.29, 0.717) is 22.6 Å². The number of phenolic OH excluding ortho intramolecular Hbond substituents is 1. The maximum Gasteiger partial charge on any atom is 0.230 e. The van der Waals surface area contributed by atoms with E-state index in [1.54, 1.807) is 43.5 Å². The van der Waals surface area contributed by atoms with Gasteiger partial charge in [-0.25, -0.2) is 0 Å². The van der Waals surface area contributed by atoms with Crippen molar-refractivity contribution < 1.29 is 19.1 Å². The van der Waals surface area contributed by atoms with Gasteiger partial charge < -0.3 is 14.3 Å². The first-order chi connectivity index (χ1) is 13.6. The Balaban J connectivity index is 1.90. The predicted octanol–water partition coefficient (Wildman–Crippen LogP) is 5.62. The highest BCUT2D eigenvalue weighted by atomic mass is 35.5. The number of ketones is 1. The lowest BCUT2D eigenvalue weighted by Gasteiger charge is -2.09. The van der Waals surface area contributed by atoms with E-state index in [4.69, 9.17) is 20.8 Å². The van der Waals surface area contributed by atoms with Crippen molar-refractivity contribution in [3.63, 3.8) is 0 Å². The zero-order valence-electron chi connectivity index (χ0n) is 15.1. The predicted molar refractivity (Wildman–Crippen MR) is 109 cm³/mol. The number of phenols is 1. The van der Waals surface area contributed by atoms with E-state index >= 15 is 0 Å². The Bertz CT molecular complexity index is 1180. The monoisotopic (exact) mass is 392 g/mol. The fourth-order valence-corrected chi connectivity index (χ4v) is 3.53. The van der Waals surface area contributed by atoms with Gasteiger partial charge in [-0.1, -0.05) is 41.9 Å². The molecule has 0 aliphatic heterocycles. The second kappa shape index (κ2) is 7.41. The largest absolute Gasteiger partial charge is 0.508 e. The summed E-state index contributed by atoms with van der Waals surface area (Å²) in [6, 6.07) is 19.3. The number of fused-ring (bicyclic) bond motifs is 1. The zero-order valence-corrected chi connectivity index (χ0v) is 15.9. The van der Waals surface area contributed by atoms with E-state index in [2.05, 4.69) is 0 Å². The number of hydrogen-bond acceptors (Lipinski definition) is 4. The van der Waals surface area contributed by atoms with E-state index in [0.717, 1.165) is 22.3 Å². The average molecular weight is 393 g/mol. The number of aromatic hydroxyl groups is 1. The molecule has 3 aromatic carbocycles. The number of furan rings is 1. The number of halogens is 1. The fourth-order valence-electron chi connectivity index (χ4n) is 3.30. The van der Waals surface area contributed by atoms with Crippen molar-refractivity contribution in [3.8, 4) is 11.5 Å². The number of benzene rings is 3. The van der Waals surface area contributed by atoms with Crippen molar-refractivity contribution in [2.75, 3.05) is 7.11 Å². The Hall–Kier alpha value is -3.24. The van der Waals surface area contributed by atoms with Gasteiger partial charge in [-0.05, 0) is 35.9 Å². The van der Waals surface area contributed by atoms with Gasteiger partial charge in [0.15, 0.2) is 5.76 Å². The standard InChI is InChI=1S/C23H17ClO4/c1-27-20-9-5-2-6-14(20)12-18-16-11-10-15(25)13-21(16)28-23(18)22(26)17-7-3-4-8-19(17)24/h2-11,13,25H,12H2,1H3. The van der Waals surface area contributed by atoms with Gasteiger partial charge in [-0.2, -0.15) is 0 Å².